The highest BCUT2D eigenvalue weighted by Crippen LogP contribution is 2.16. The number of carboxylic acid groups (broad SMARTS) is 1. The Bertz CT molecular complexity index is 389. The molecule has 0 unspecified atom stereocenters. The van der Waals surface area contributed by atoms with Crippen LogP contribution in [-0.4, -0.2) is 55.4 Å². The SMILES string of the molecule is CS(=O)(=O)CC(=O)N1CCC[C@H](C(=O)O)C1. The van der Waals surface area contributed by atoms with Gasteiger partial charge in [-0.3, -0.25) is 9.59 Å². The van der Waals surface area contributed by atoms with Gasteiger partial charge in [-0.2, -0.15) is 0 Å². The van der Waals surface area contributed by atoms with Crippen LogP contribution in [0.1, 0.15) is 12.8 Å². The second-order valence-electron chi connectivity index (χ2n) is 4.09. The highest BCUT2D eigenvalue weighted by molar-refractivity contribution is 7.91. The molecule has 7 heteroatoms. The fourth-order valence-electron chi connectivity index (χ4n) is 1.72. The number of amides is 1. The van der Waals surface area contributed by atoms with Crippen molar-refractivity contribution in [1.82, 2.24) is 4.90 Å². The van der Waals surface area contributed by atoms with Crippen LogP contribution in [0, 0.1) is 5.92 Å². The Hall–Kier alpha value is -1.11. The Morgan fingerprint density at radius 3 is 2.56 bits per heavy atom. The van der Waals surface area contributed by atoms with Gasteiger partial charge in [0.1, 0.15) is 5.75 Å². The fourth-order valence-corrected chi connectivity index (χ4v) is 2.35. The Kier molecular flexibility index (Phi) is 3.90. The number of carboxylic acids is 1. The molecule has 16 heavy (non-hydrogen) atoms. The molecule has 0 aromatic carbocycles. The standard InChI is InChI=1S/C9H15NO5S/c1-16(14,15)6-8(11)10-4-2-3-7(5-10)9(12)13/h7H,2-6H2,1H3,(H,12,13)/t7-/m0/s1. The van der Waals surface area contributed by atoms with Crippen LogP contribution in [0.15, 0.2) is 0 Å². The van der Waals surface area contributed by atoms with Crippen LogP contribution in [0.4, 0.5) is 0 Å². The van der Waals surface area contributed by atoms with Gasteiger partial charge in [-0.25, -0.2) is 8.42 Å². The lowest BCUT2D eigenvalue weighted by atomic mass is 9.98. The minimum atomic E-state index is -3.35. The lowest BCUT2D eigenvalue weighted by Gasteiger charge is -2.30. The third-order valence-electron chi connectivity index (χ3n) is 2.51. The van der Waals surface area contributed by atoms with Gasteiger partial charge in [-0.05, 0) is 12.8 Å². The molecule has 0 spiro atoms. The summed E-state index contributed by atoms with van der Waals surface area (Å²) in [4.78, 5) is 23.6. The summed E-state index contributed by atoms with van der Waals surface area (Å²) in [5.74, 6) is -2.55. The van der Waals surface area contributed by atoms with E-state index in [2.05, 4.69) is 0 Å². The van der Waals surface area contributed by atoms with Crippen molar-refractivity contribution in [2.45, 2.75) is 12.8 Å². The van der Waals surface area contributed by atoms with E-state index in [9.17, 15) is 18.0 Å². The largest absolute Gasteiger partial charge is 0.481 e. The van der Waals surface area contributed by atoms with Crippen LogP contribution < -0.4 is 0 Å². The molecule has 1 rings (SSSR count). The van der Waals surface area contributed by atoms with E-state index < -0.39 is 33.4 Å². The van der Waals surface area contributed by atoms with Gasteiger partial charge in [-0.15, -0.1) is 0 Å². The first-order valence-electron chi connectivity index (χ1n) is 4.98. The summed E-state index contributed by atoms with van der Waals surface area (Å²) >= 11 is 0. The van der Waals surface area contributed by atoms with E-state index in [1.807, 2.05) is 0 Å². The van der Waals surface area contributed by atoms with Crippen LogP contribution in [0.2, 0.25) is 0 Å². The van der Waals surface area contributed by atoms with Crippen molar-refractivity contribution < 1.29 is 23.1 Å². The number of rotatable bonds is 3. The number of sulfone groups is 1. The van der Waals surface area contributed by atoms with E-state index in [4.69, 9.17) is 5.11 Å². The summed E-state index contributed by atoms with van der Waals surface area (Å²) in [5, 5.41) is 8.81. The minimum absolute atomic E-state index is 0.115. The molecule has 1 aliphatic rings. The molecule has 0 bridgehead atoms. The molecule has 1 amide bonds. The van der Waals surface area contributed by atoms with Crippen molar-refractivity contribution in [3.63, 3.8) is 0 Å². The van der Waals surface area contributed by atoms with Gasteiger partial charge < -0.3 is 10.0 Å². The molecule has 0 aromatic heterocycles. The van der Waals surface area contributed by atoms with E-state index in [1.54, 1.807) is 0 Å². The van der Waals surface area contributed by atoms with E-state index in [1.165, 1.54) is 4.90 Å². The number of nitrogens with zero attached hydrogens (tertiary/aromatic N) is 1. The molecule has 1 fully saturated rings. The van der Waals surface area contributed by atoms with Crippen molar-refractivity contribution in [2.24, 2.45) is 5.92 Å². The lowest BCUT2D eigenvalue weighted by Crippen LogP contribution is -2.44. The van der Waals surface area contributed by atoms with Crippen LogP contribution in [0.3, 0.4) is 0 Å². The summed E-state index contributed by atoms with van der Waals surface area (Å²) in [6, 6.07) is 0. The van der Waals surface area contributed by atoms with E-state index >= 15 is 0 Å². The second-order valence-corrected chi connectivity index (χ2v) is 6.23. The van der Waals surface area contributed by atoms with Gasteiger partial charge in [0.25, 0.3) is 0 Å². The summed E-state index contributed by atoms with van der Waals surface area (Å²) < 4.78 is 21.9. The van der Waals surface area contributed by atoms with E-state index in [0.29, 0.717) is 19.4 Å². The van der Waals surface area contributed by atoms with Crippen molar-refractivity contribution in [3.8, 4) is 0 Å². The number of aliphatic carboxylic acids is 1. The molecule has 1 saturated heterocycles. The number of hydrogen-bond donors (Lipinski definition) is 1. The smallest absolute Gasteiger partial charge is 0.308 e. The average molecular weight is 249 g/mol. The monoisotopic (exact) mass is 249 g/mol. The van der Waals surface area contributed by atoms with Gasteiger partial charge in [0.2, 0.25) is 5.91 Å². The molecule has 1 aliphatic heterocycles. The van der Waals surface area contributed by atoms with Crippen LogP contribution in [0.25, 0.3) is 0 Å². The molecule has 1 heterocycles. The van der Waals surface area contributed by atoms with Crippen molar-refractivity contribution in [2.75, 3.05) is 25.1 Å². The Labute approximate surface area is 94.2 Å². The molecule has 0 aliphatic carbocycles. The van der Waals surface area contributed by atoms with Gasteiger partial charge in [0, 0.05) is 19.3 Å². The quantitative estimate of drug-likeness (QED) is 0.718. The first kappa shape index (κ1) is 13.0. The lowest BCUT2D eigenvalue weighted by molar-refractivity contribution is -0.145. The first-order valence-corrected chi connectivity index (χ1v) is 7.04. The number of piperidine rings is 1. The van der Waals surface area contributed by atoms with E-state index in [-0.39, 0.29) is 6.54 Å². The van der Waals surface area contributed by atoms with Crippen molar-refractivity contribution >= 4 is 21.7 Å². The number of hydrogen-bond acceptors (Lipinski definition) is 4. The maximum Gasteiger partial charge on any atom is 0.308 e. The molecule has 1 atom stereocenters. The normalized spacial score (nSPS) is 21.8. The molecule has 0 aromatic rings. The van der Waals surface area contributed by atoms with Crippen molar-refractivity contribution in [3.05, 3.63) is 0 Å². The highest BCUT2D eigenvalue weighted by Gasteiger charge is 2.29. The van der Waals surface area contributed by atoms with Gasteiger partial charge in [0.05, 0.1) is 5.92 Å². The second kappa shape index (κ2) is 4.82. The molecule has 1 N–H and O–H groups in total. The maximum absolute atomic E-state index is 11.5. The average Bonchev–Trinajstić information content (AvgIpc) is 2.15. The summed E-state index contributed by atoms with van der Waals surface area (Å²) in [7, 11) is -3.35. The van der Waals surface area contributed by atoms with Crippen LogP contribution >= 0.6 is 0 Å². The van der Waals surface area contributed by atoms with Gasteiger partial charge >= 0.3 is 5.97 Å². The van der Waals surface area contributed by atoms with Gasteiger partial charge in [-0.1, -0.05) is 0 Å². The third-order valence-corrected chi connectivity index (χ3v) is 3.28. The summed E-state index contributed by atoms with van der Waals surface area (Å²) in [6.45, 7) is 0.557. The molecule has 92 valence electrons. The maximum atomic E-state index is 11.5. The third kappa shape index (κ3) is 3.80. The molecular formula is C9H15NO5S. The Balaban J connectivity index is 2.60. The minimum Gasteiger partial charge on any atom is -0.481 e. The summed E-state index contributed by atoms with van der Waals surface area (Å²) in [5.41, 5.74) is 0. The zero-order chi connectivity index (χ0) is 12.3. The van der Waals surface area contributed by atoms with Crippen LogP contribution in [0.5, 0.6) is 0 Å². The van der Waals surface area contributed by atoms with Crippen molar-refractivity contribution in [1.29, 1.82) is 0 Å². The number of carbonyl (C=O) groups excluding carboxylic acids is 1. The first-order chi connectivity index (χ1) is 7.29. The molecule has 6 nitrogen and oxygen atoms in total. The molecule has 0 radical (unpaired) electrons. The Morgan fingerprint density at radius 1 is 1.44 bits per heavy atom. The number of carbonyl (C=O) groups is 2. The molecule has 0 saturated carbocycles. The Morgan fingerprint density at radius 2 is 2.06 bits per heavy atom. The molecular weight excluding hydrogens is 234 g/mol. The summed E-state index contributed by atoms with van der Waals surface area (Å²) in [6.07, 6.45) is 2.13. The highest BCUT2D eigenvalue weighted by atomic mass is 32.2. The zero-order valence-corrected chi connectivity index (χ0v) is 9.87. The fraction of sp³-hybridized carbons (Fsp3) is 0.778. The van der Waals surface area contributed by atoms with E-state index in [0.717, 1.165) is 6.26 Å². The topological polar surface area (TPSA) is 91.8 Å². The van der Waals surface area contributed by atoms with Crippen LogP contribution in [-0.2, 0) is 19.4 Å². The zero-order valence-electron chi connectivity index (χ0n) is 9.05. The predicted molar refractivity (Wildman–Crippen MR) is 56.7 cm³/mol. The predicted octanol–water partition coefficient (Wildman–Crippen LogP) is -0.646. The number of likely N-dealkylation sites (tertiary alicyclic amines) is 1. The van der Waals surface area contributed by atoms with Gasteiger partial charge in [0.15, 0.2) is 9.84 Å².